The second-order valence-electron chi connectivity index (χ2n) is 4.39. The lowest BCUT2D eigenvalue weighted by Crippen LogP contribution is -2.44. The van der Waals surface area contributed by atoms with Gasteiger partial charge in [-0.1, -0.05) is 12.8 Å². The highest BCUT2D eigenvalue weighted by Gasteiger charge is 2.15. The van der Waals surface area contributed by atoms with Gasteiger partial charge >= 0.3 is 12.0 Å². The van der Waals surface area contributed by atoms with Gasteiger partial charge in [-0.25, -0.2) is 4.79 Å². The van der Waals surface area contributed by atoms with Crippen molar-refractivity contribution in [3.8, 4) is 0 Å². The maximum Gasteiger partial charge on any atom is 0.317 e. The third-order valence-electron chi connectivity index (χ3n) is 2.89. The summed E-state index contributed by atoms with van der Waals surface area (Å²) < 4.78 is 0. The number of rotatable bonds is 7. The first kappa shape index (κ1) is 15.1. The molecule has 1 saturated heterocycles. The van der Waals surface area contributed by atoms with Crippen molar-refractivity contribution in [2.24, 2.45) is 0 Å². The van der Waals surface area contributed by atoms with Gasteiger partial charge in [-0.05, 0) is 12.8 Å². The first-order chi connectivity index (χ1) is 8.70. The van der Waals surface area contributed by atoms with E-state index < -0.39 is 5.97 Å². The van der Waals surface area contributed by atoms with Crippen LogP contribution >= 0.6 is 11.8 Å². The number of carboxylic acids is 1. The number of aliphatic carboxylic acids is 1. The average molecular weight is 274 g/mol. The number of unbranched alkanes of at least 4 members (excludes halogenated alkanes) is 3. The third kappa shape index (κ3) is 6.74. The van der Waals surface area contributed by atoms with Gasteiger partial charge in [-0.2, -0.15) is 11.8 Å². The number of hydrogen-bond donors (Lipinski definition) is 2. The van der Waals surface area contributed by atoms with Crippen molar-refractivity contribution in [2.75, 3.05) is 31.1 Å². The Kier molecular flexibility index (Phi) is 7.64. The number of amides is 2. The molecule has 6 heteroatoms. The number of nitrogens with zero attached hydrogens (tertiary/aromatic N) is 1. The Morgan fingerprint density at radius 1 is 1.11 bits per heavy atom. The largest absolute Gasteiger partial charge is 0.481 e. The van der Waals surface area contributed by atoms with Crippen LogP contribution in [0.15, 0.2) is 0 Å². The maximum atomic E-state index is 11.7. The summed E-state index contributed by atoms with van der Waals surface area (Å²) in [6.45, 7) is 2.37. The van der Waals surface area contributed by atoms with E-state index in [9.17, 15) is 9.59 Å². The quantitative estimate of drug-likeness (QED) is 0.694. The fraction of sp³-hybridized carbons (Fsp3) is 0.833. The van der Waals surface area contributed by atoms with Crippen molar-refractivity contribution >= 4 is 23.8 Å². The second kappa shape index (κ2) is 9.08. The zero-order valence-electron chi connectivity index (χ0n) is 10.7. The Morgan fingerprint density at radius 2 is 1.78 bits per heavy atom. The van der Waals surface area contributed by atoms with Crippen molar-refractivity contribution in [3.63, 3.8) is 0 Å². The van der Waals surface area contributed by atoms with Crippen LogP contribution in [0.2, 0.25) is 0 Å². The minimum Gasteiger partial charge on any atom is -0.481 e. The van der Waals surface area contributed by atoms with Crippen LogP contribution in [-0.2, 0) is 4.79 Å². The monoisotopic (exact) mass is 274 g/mol. The molecule has 0 unspecified atom stereocenters. The van der Waals surface area contributed by atoms with Gasteiger partial charge in [-0.3, -0.25) is 4.79 Å². The molecule has 1 rings (SSSR count). The first-order valence-electron chi connectivity index (χ1n) is 6.52. The van der Waals surface area contributed by atoms with Crippen LogP contribution in [0.1, 0.15) is 32.1 Å². The summed E-state index contributed by atoms with van der Waals surface area (Å²) in [5.41, 5.74) is 0. The van der Waals surface area contributed by atoms with Crippen molar-refractivity contribution in [1.29, 1.82) is 0 Å². The van der Waals surface area contributed by atoms with E-state index in [1.807, 2.05) is 16.7 Å². The number of hydrogen-bond acceptors (Lipinski definition) is 3. The van der Waals surface area contributed by atoms with Crippen molar-refractivity contribution in [2.45, 2.75) is 32.1 Å². The van der Waals surface area contributed by atoms with Crippen molar-refractivity contribution in [3.05, 3.63) is 0 Å². The van der Waals surface area contributed by atoms with Gasteiger partial charge in [0.05, 0.1) is 0 Å². The predicted octanol–water partition coefficient (Wildman–Crippen LogP) is 1.78. The molecule has 2 amide bonds. The fourth-order valence-electron chi connectivity index (χ4n) is 1.83. The molecule has 0 radical (unpaired) electrons. The van der Waals surface area contributed by atoms with Gasteiger partial charge in [0.15, 0.2) is 0 Å². The standard InChI is InChI=1S/C12H22N2O3S/c15-11(16)5-3-1-2-4-6-13-12(17)14-7-9-18-10-8-14/h1-10H2,(H,13,17)(H,15,16). The Balaban J connectivity index is 1.93. The molecule has 1 fully saturated rings. The number of carboxylic acid groups (broad SMARTS) is 1. The van der Waals surface area contributed by atoms with Gasteiger partial charge in [0, 0.05) is 37.6 Å². The van der Waals surface area contributed by atoms with E-state index >= 15 is 0 Å². The SMILES string of the molecule is O=C(O)CCCCCCNC(=O)N1CCSCC1. The summed E-state index contributed by atoms with van der Waals surface area (Å²) in [6.07, 6.45) is 3.80. The number of urea groups is 1. The number of nitrogens with one attached hydrogen (secondary N) is 1. The topological polar surface area (TPSA) is 69.6 Å². The van der Waals surface area contributed by atoms with E-state index in [1.165, 1.54) is 0 Å². The molecule has 18 heavy (non-hydrogen) atoms. The number of thioether (sulfide) groups is 1. The Morgan fingerprint density at radius 3 is 2.44 bits per heavy atom. The zero-order valence-corrected chi connectivity index (χ0v) is 11.5. The van der Waals surface area contributed by atoms with E-state index in [2.05, 4.69) is 5.32 Å². The second-order valence-corrected chi connectivity index (χ2v) is 5.61. The summed E-state index contributed by atoms with van der Waals surface area (Å²) in [4.78, 5) is 23.9. The number of carbonyl (C=O) groups is 2. The molecule has 1 heterocycles. The molecule has 0 spiro atoms. The van der Waals surface area contributed by atoms with E-state index in [-0.39, 0.29) is 12.5 Å². The van der Waals surface area contributed by atoms with Gasteiger partial charge in [0.2, 0.25) is 0 Å². The minimum atomic E-state index is -0.730. The van der Waals surface area contributed by atoms with Gasteiger partial charge < -0.3 is 15.3 Å². The van der Waals surface area contributed by atoms with Crippen LogP contribution < -0.4 is 5.32 Å². The highest BCUT2D eigenvalue weighted by molar-refractivity contribution is 7.99. The molecule has 0 atom stereocenters. The highest BCUT2D eigenvalue weighted by atomic mass is 32.2. The van der Waals surface area contributed by atoms with Crippen molar-refractivity contribution < 1.29 is 14.7 Å². The summed E-state index contributed by atoms with van der Waals surface area (Å²) in [6, 6.07) is 0.0424. The normalized spacial score (nSPS) is 15.4. The zero-order chi connectivity index (χ0) is 13.2. The molecule has 0 aromatic heterocycles. The molecule has 1 aliphatic heterocycles. The van der Waals surface area contributed by atoms with Crippen molar-refractivity contribution in [1.82, 2.24) is 10.2 Å². The lowest BCUT2D eigenvalue weighted by molar-refractivity contribution is -0.137. The molecule has 5 nitrogen and oxygen atoms in total. The minimum absolute atomic E-state index is 0.0424. The number of carbonyl (C=O) groups excluding carboxylic acids is 1. The molecule has 0 aromatic carbocycles. The van der Waals surface area contributed by atoms with Crippen LogP contribution in [0, 0.1) is 0 Å². The van der Waals surface area contributed by atoms with E-state index in [4.69, 9.17) is 5.11 Å². The Hall–Kier alpha value is -0.910. The molecular weight excluding hydrogens is 252 g/mol. The molecule has 2 N–H and O–H groups in total. The van der Waals surface area contributed by atoms with E-state index in [1.54, 1.807) is 0 Å². The van der Waals surface area contributed by atoms with Crippen LogP contribution in [0.4, 0.5) is 4.79 Å². The molecule has 104 valence electrons. The third-order valence-corrected chi connectivity index (χ3v) is 3.83. The average Bonchev–Trinajstić information content (AvgIpc) is 2.38. The van der Waals surface area contributed by atoms with E-state index in [0.29, 0.717) is 6.54 Å². The Bertz CT molecular complexity index is 268. The van der Waals surface area contributed by atoms with Crippen LogP contribution in [0.25, 0.3) is 0 Å². The van der Waals surface area contributed by atoms with Gasteiger partial charge in [-0.15, -0.1) is 0 Å². The van der Waals surface area contributed by atoms with Gasteiger partial charge in [0.25, 0.3) is 0 Å². The summed E-state index contributed by atoms with van der Waals surface area (Å²) in [7, 11) is 0. The van der Waals surface area contributed by atoms with E-state index in [0.717, 1.165) is 50.3 Å². The fourth-order valence-corrected chi connectivity index (χ4v) is 2.73. The maximum absolute atomic E-state index is 11.7. The smallest absolute Gasteiger partial charge is 0.317 e. The molecule has 1 aliphatic rings. The molecule has 0 aromatic rings. The molecule has 0 saturated carbocycles. The van der Waals surface area contributed by atoms with Crippen LogP contribution in [0.5, 0.6) is 0 Å². The molecule has 0 aliphatic carbocycles. The summed E-state index contributed by atoms with van der Waals surface area (Å²) >= 11 is 1.89. The van der Waals surface area contributed by atoms with Crippen LogP contribution in [0.3, 0.4) is 0 Å². The lowest BCUT2D eigenvalue weighted by Gasteiger charge is -2.26. The molecular formula is C12H22N2O3S. The lowest BCUT2D eigenvalue weighted by atomic mass is 10.1. The molecule has 0 bridgehead atoms. The first-order valence-corrected chi connectivity index (χ1v) is 7.68. The highest BCUT2D eigenvalue weighted by Crippen LogP contribution is 2.09. The summed E-state index contributed by atoms with van der Waals surface area (Å²) in [5.74, 6) is 1.33. The van der Waals surface area contributed by atoms with Crippen LogP contribution in [-0.4, -0.2) is 53.1 Å². The summed E-state index contributed by atoms with van der Waals surface area (Å²) in [5, 5.41) is 11.4. The predicted molar refractivity (Wildman–Crippen MR) is 73.0 cm³/mol. The van der Waals surface area contributed by atoms with Gasteiger partial charge in [0.1, 0.15) is 0 Å². The Labute approximate surface area is 112 Å².